The zero-order chi connectivity index (χ0) is 11.1. The highest BCUT2D eigenvalue weighted by molar-refractivity contribution is 5.62. The van der Waals surface area contributed by atoms with Crippen molar-refractivity contribution >= 4 is 5.97 Å². The third-order valence-corrected chi connectivity index (χ3v) is 1.54. The van der Waals surface area contributed by atoms with E-state index in [2.05, 4.69) is 13.8 Å². The number of rotatable bonds is 1. The molecule has 0 bridgehead atoms. The standard InChI is InChI=1S/C9H12O.C2H4O2/c1-7(2)8-4-3-5-9(10)6-8;1-2(3)4/h3-7,10H,1-2H3;1H3,(H,3,4). The number of hydrogen-bond donors (Lipinski definition) is 2. The van der Waals surface area contributed by atoms with Gasteiger partial charge < -0.3 is 10.2 Å². The maximum atomic E-state index is 9.06. The second-order valence-corrected chi connectivity index (χ2v) is 3.27. The van der Waals surface area contributed by atoms with E-state index in [1.165, 1.54) is 5.56 Å². The highest BCUT2D eigenvalue weighted by Crippen LogP contribution is 2.18. The zero-order valence-electron chi connectivity index (χ0n) is 8.69. The number of carboxylic acids is 1. The van der Waals surface area contributed by atoms with Crippen LogP contribution in [0, 0.1) is 0 Å². The Bertz CT molecular complexity index is 288. The topological polar surface area (TPSA) is 57.5 Å². The Balaban J connectivity index is 0.000000364. The van der Waals surface area contributed by atoms with Crippen LogP contribution in [-0.2, 0) is 4.79 Å². The molecular formula is C11H16O3. The predicted octanol–water partition coefficient (Wildman–Crippen LogP) is 2.61. The largest absolute Gasteiger partial charge is 0.508 e. The van der Waals surface area contributed by atoms with E-state index in [-0.39, 0.29) is 0 Å². The first-order valence-electron chi connectivity index (χ1n) is 4.42. The van der Waals surface area contributed by atoms with Gasteiger partial charge in [-0.05, 0) is 23.6 Å². The molecule has 0 unspecified atom stereocenters. The average Bonchev–Trinajstić information content (AvgIpc) is 2.03. The van der Waals surface area contributed by atoms with Crippen molar-refractivity contribution in [2.24, 2.45) is 0 Å². The zero-order valence-corrected chi connectivity index (χ0v) is 8.69. The van der Waals surface area contributed by atoms with Crippen molar-refractivity contribution in [3.8, 4) is 5.75 Å². The summed E-state index contributed by atoms with van der Waals surface area (Å²) in [6.07, 6.45) is 0. The summed E-state index contributed by atoms with van der Waals surface area (Å²) < 4.78 is 0. The number of benzene rings is 1. The first-order chi connectivity index (χ1) is 6.43. The van der Waals surface area contributed by atoms with Gasteiger partial charge in [0.05, 0.1) is 0 Å². The molecule has 0 aliphatic carbocycles. The van der Waals surface area contributed by atoms with Crippen LogP contribution in [0.4, 0.5) is 0 Å². The SMILES string of the molecule is CC(=O)O.CC(C)c1cccc(O)c1. The lowest BCUT2D eigenvalue weighted by molar-refractivity contribution is -0.134. The monoisotopic (exact) mass is 196 g/mol. The van der Waals surface area contributed by atoms with Gasteiger partial charge in [0.2, 0.25) is 0 Å². The second kappa shape index (κ2) is 6.02. The molecule has 0 aliphatic rings. The van der Waals surface area contributed by atoms with Crippen molar-refractivity contribution in [2.45, 2.75) is 26.7 Å². The molecule has 1 aromatic rings. The Hall–Kier alpha value is -1.51. The van der Waals surface area contributed by atoms with E-state index in [9.17, 15) is 0 Å². The summed E-state index contributed by atoms with van der Waals surface area (Å²) in [7, 11) is 0. The predicted molar refractivity (Wildman–Crippen MR) is 55.5 cm³/mol. The van der Waals surface area contributed by atoms with E-state index in [4.69, 9.17) is 15.0 Å². The molecule has 0 saturated heterocycles. The summed E-state index contributed by atoms with van der Waals surface area (Å²) in [4.78, 5) is 9.00. The Kier molecular flexibility index (Phi) is 5.37. The van der Waals surface area contributed by atoms with Crippen molar-refractivity contribution in [1.82, 2.24) is 0 Å². The molecule has 78 valence electrons. The molecule has 2 N–H and O–H groups in total. The smallest absolute Gasteiger partial charge is 0.300 e. The molecule has 3 nitrogen and oxygen atoms in total. The fraction of sp³-hybridized carbons (Fsp3) is 0.364. The molecule has 3 heteroatoms. The van der Waals surface area contributed by atoms with Gasteiger partial charge in [-0.3, -0.25) is 4.79 Å². The third kappa shape index (κ3) is 6.06. The molecule has 0 radical (unpaired) electrons. The molecule has 0 aromatic heterocycles. The summed E-state index contributed by atoms with van der Waals surface area (Å²) in [6, 6.07) is 7.37. The number of hydrogen-bond acceptors (Lipinski definition) is 2. The number of carboxylic acid groups (broad SMARTS) is 1. The minimum absolute atomic E-state index is 0.353. The molecule has 0 spiro atoms. The van der Waals surface area contributed by atoms with Gasteiger partial charge >= 0.3 is 0 Å². The van der Waals surface area contributed by atoms with E-state index in [1.54, 1.807) is 12.1 Å². The van der Waals surface area contributed by atoms with Crippen LogP contribution in [0.3, 0.4) is 0 Å². The Labute approximate surface area is 84.0 Å². The highest BCUT2D eigenvalue weighted by Gasteiger charge is 1.97. The molecular weight excluding hydrogens is 180 g/mol. The number of carbonyl (C=O) groups is 1. The summed E-state index contributed by atoms with van der Waals surface area (Å²) in [5.41, 5.74) is 1.18. The molecule has 0 amide bonds. The fourth-order valence-corrected chi connectivity index (χ4v) is 0.884. The third-order valence-electron chi connectivity index (χ3n) is 1.54. The minimum atomic E-state index is -0.833. The Morgan fingerprint density at radius 2 is 1.86 bits per heavy atom. The minimum Gasteiger partial charge on any atom is -0.508 e. The average molecular weight is 196 g/mol. The summed E-state index contributed by atoms with van der Waals surface area (Å²) >= 11 is 0. The van der Waals surface area contributed by atoms with Gasteiger partial charge in [-0.2, -0.15) is 0 Å². The van der Waals surface area contributed by atoms with Crippen LogP contribution in [-0.4, -0.2) is 16.2 Å². The molecule has 0 atom stereocenters. The van der Waals surface area contributed by atoms with E-state index in [0.29, 0.717) is 11.7 Å². The van der Waals surface area contributed by atoms with Crippen molar-refractivity contribution < 1.29 is 15.0 Å². The molecule has 1 rings (SSSR count). The number of phenols is 1. The van der Waals surface area contributed by atoms with E-state index < -0.39 is 5.97 Å². The lowest BCUT2D eigenvalue weighted by atomic mass is 10.0. The van der Waals surface area contributed by atoms with Gasteiger partial charge in [-0.25, -0.2) is 0 Å². The van der Waals surface area contributed by atoms with Gasteiger partial charge in [0.15, 0.2) is 0 Å². The fourth-order valence-electron chi connectivity index (χ4n) is 0.884. The van der Waals surface area contributed by atoms with Gasteiger partial charge in [0.1, 0.15) is 5.75 Å². The first kappa shape index (κ1) is 12.5. The maximum absolute atomic E-state index is 9.06. The molecule has 1 aromatic carbocycles. The molecule has 0 fully saturated rings. The van der Waals surface area contributed by atoms with Crippen LogP contribution in [0.1, 0.15) is 32.3 Å². The van der Waals surface area contributed by atoms with Crippen molar-refractivity contribution in [2.75, 3.05) is 0 Å². The van der Waals surface area contributed by atoms with Gasteiger partial charge in [0, 0.05) is 6.92 Å². The van der Waals surface area contributed by atoms with Crippen molar-refractivity contribution in [3.63, 3.8) is 0 Å². The van der Waals surface area contributed by atoms with Crippen LogP contribution < -0.4 is 0 Å². The maximum Gasteiger partial charge on any atom is 0.300 e. The highest BCUT2D eigenvalue weighted by atomic mass is 16.4. The molecule has 14 heavy (non-hydrogen) atoms. The number of aromatic hydroxyl groups is 1. The lowest BCUT2D eigenvalue weighted by Crippen LogP contribution is -1.84. The van der Waals surface area contributed by atoms with Crippen molar-refractivity contribution in [1.29, 1.82) is 0 Å². The van der Waals surface area contributed by atoms with Crippen molar-refractivity contribution in [3.05, 3.63) is 29.8 Å². The quantitative estimate of drug-likeness (QED) is 0.725. The summed E-state index contributed by atoms with van der Waals surface area (Å²) in [5, 5.41) is 16.5. The Morgan fingerprint density at radius 1 is 1.36 bits per heavy atom. The number of aliphatic carboxylic acids is 1. The number of phenolic OH excluding ortho intramolecular Hbond substituents is 1. The molecule has 0 saturated carbocycles. The van der Waals surface area contributed by atoms with Gasteiger partial charge in [-0.15, -0.1) is 0 Å². The normalized spacial score (nSPS) is 9.14. The van der Waals surface area contributed by atoms with Crippen LogP contribution in [0.2, 0.25) is 0 Å². The van der Waals surface area contributed by atoms with E-state index in [1.807, 2.05) is 12.1 Å². The summed E-state index contributed by atoms with van der Waals surface area (Å²) in [5.74, 6) is 0.0123. The van der Waals surface area contributed by atoms with Crippen LogP contribution >= 0.6 is 0 Å². The second-order valence-electron chi connectivity index (χ2n) is 3.27. The Morgan fingerprint density at radius 3 is 2.14 bits per heavy atom. The van der Waals surface area contributed by atoms with Crippen LogP contribution in [0.25, 0.3) is 0 Å². The lowest BCUT2D eigenvalue weighted by Gasteiger charge is -2.03. The molecule has 0 aliphatic heterocycles. The van der Waals surface area contributed by atoms with E-state index in [0.717, 1.165) is 6.92 Å². The van der Waals surface area contributed by atoms with E-state index >= 15 is 0 Å². The van der Waals surface area contributed by atoms with Crippen LogP contribution in [0.5, 0.6) is 5.75 Å². The van der Waals surface area contributed by atoms with Gasteiger partial charge in [-0.1, -0.05) is 26.0 Å². The van der Waals surface area contributed by atoms with Crippen LogP contribution in [0.15, 0.2) is 24.3 Å². The summed E-state index contributed by atoms with van der Waals surface area (Å²) in [6.45, 7) is 5.30. The van der Waals surface area contributed by atoms with Gasteiger partial charge in [0.25, 0.3) is 5.97 Å². The molecule has 0 heterocycles. The first-order valence-corrected chi connectivity index (χ1v) is 4.42.